The SMILES string of the molecule is Cc1nn2cc(-c3nc4c(OC[C@@H]5CCCN5C(=O)[C@H](NC(=O)OC(C)(C)C)c5ccccc5)cccc4o3)nc2s1. The predicted octanol–water partition coefficient (Wildman–Crippen LogP) is 5.54. The zero-order chi connectivity index (χ0) is 29.4. The lowest BCUT2D eigenvalue weighted by Crippen LogP contribution is -2.47. The number of alkyl carbamates (subject to hydrolysis) is 1. The molecule has 0 radical (unpaired) electrons. The fourth-order valence-corrected chi connectivity index (χ4v) is 5.79. The molecule has 0 unspecified atom stereocenters. The fraction of sp³-hybridized carbons (Fsp3) is 0.367. The number of ether oxygens (including phenoxy) is 2. The standard InChI is InChI=1S/C30H32N6O5S/c1-18-34-36-16-21(31-28(36)42-18)26-32-25-22(13-8-14-23(25)40-26)39-17-20-12-9-15-35(20)27(37)24(19-10-6-5-7-11-19)33-29(38)41-30(2,3)4/h5-8,10-11,13-14,16,20,24H,9,12,15,17H2,1-4H3,(H,33,38)/t20-,24+/m0/s1. The van der Waals surface area contributed by atoms with Crippen LogP contribution in [0.2, 0.25) is 0 Å². The number of nitrogens with one attached hydrogen (secondary N) is 1. The van der Waals surface area contributed by atoms with Gasteiger partial charge in [-0.3, -0.25) is 4.79 Å². The molecule has 0 saturated carbocycles. The first-order valence-corrected chi connectivity index (χ1v) is 14.7. The minimum absolute atomic E-state index is 0.181. The van der Waals surface area contributed by atoms with E-state index in [2.05, 4.69) is 20.4 Å². The number of para-hydroxylation sites is 1. The average Bonchev–Trinajstić information content (AvgIpc) is 3.72. The number of likely N-dealkylation sites (tertiary alicyclic amines) is 1. The molecule has 0 spiro atoms. The topological polar surface area (TPSA) is 124 Å². The van der Waals surface area contributed by atoms with Gasteiger partial charge in [0.15, 0.2) is 11.1 Å². The van der Waals surface area contributed by atoms with Crippen LogP contribution in [0.25, 0.3) is 27.6 Å². The molecule has 6 rings (SSSR count). The number of oxazole rings is 1. The highest BCUT2D eigenvalue weighted by molar-refractivity contribution is 7.16. The highest BCUT2D eigenvalue weighted by Crippen LogP contribution is 2.32. The van der Waals surface area contributed by atoms with E-state index in [4.69, 9.17) is 13.9 Å². The van der Waals surface area contributed by atoms with E-state index < -0.39 is 17.7 Å². The van der Waals surface area contributed by atoms with E-state index in [0.717, 1.165) is 22.8 Å². The van der Waals surface area contributed by atoms with Crippen molar-refractivity contribution < 1.29 is 23.5 Å². The van der Waals surface area contributed by atoms with E-state index in [1.165, 1.54) is 11.3 Å². The predicted molar refractivity (Wildman–Crippen MR) is 157 cm³/mol. The Kier molecular flexibility index (Phi) is 7.31. The average molecular weight is 589 g/mol. The van der Waals surface area contributed by atoms with Gasteiger partial charge in [0.25, 0.3) is 0 Å². The minimum Gasteiger partial charge on any atom is -0.489 e. The molecule has 3 aromatic heterocycles. The summed E-state index contributed by atoms with van der Waals surface area (Å²) < 4.78 is 19.4. The molecule has 2 amide bonds. The maximum Gasteiger partial charge on any atom is 0.408 e. The third-order valence-corrected chi connectivity index (χ3v) is 7.72. The summed E-state index contributed by atoms with van der Waals surface area (Å²) in [4.78, 5) is 38.4. The second-order valence-electron chi connectivity index (χ2n) is 11.2. The first kappa shape index (κ1) is 27.7. The van der Waals surface area contributed by atoms with Gasteiger partial charge in [-0.1, -0.05) is 47.7 Å². The monoisotopic (exact) mass is 588 g/mol. The minimum atomic E-state index is -0.883. The number of carbonyl (C=O) groups is 2. The van der Waals surface area contributed by atoms with Gasteiger partial charge in [-0.2, -0.15) is 5.10 Å². The molecular formula is C30H32N6O5S. The Hall–Kier alpha value is -4.45. The van der Waals surface area contributed by atoms with Crippen LogP contribution >= 0.6 is 11.3 Å². The Balaban J connectivity index is 1.19. The quantitative estimate of drug-likeness (QED) is 0.263. The van der Waals surface area contributed by atoms with Gasteiger partial charge in [0.05, 0.1) is 12.2 Å². The molecule has 1 N–H and O–H groups in total. The molecule has 0 bridgehead atoms. The van der Waals surface area contributed by atoms with Gasteiger partial charge in [-0.15, -0.1) is 0 Å². The summed E-state index contributed by atoms with van der Waals surface area (Å²) in [5.74, 6) is 0.736. The van der Waals surface area contributed by atoms with Gasteiger partial charge in [0.1, 0.15) is 34.7 Å². The molecule has 42 heavy (non-hydrogen) atoms. The lowest BCUT2D eigenvalue weighted by molar-refractivity contribution is -0.135. The Morgan fingerprint density at radius 2 is 1.95 bits per heavy atom. The number of amides is 2. The second-order valence-corrected chi connectivity index (χ2v) is 12.4. The molecule has 1 aliphatic heterocycles. The number of imidazole rings is 1. The van der Waals surface area contributed by atoms with Crippen LogP contribution in [-0.2, 0) is 9.53 Å². The van der Waals surface area contributed by atoms with E-state index in [0.29, 0.717) is 40.5 Å². The van der Waals surface area contributed by atoms with Crippen molar-refractivity contribution in [1.82, 2.24) is 29.8 Å². The summed E-state index contributed by atoms with van der Waals surface area (Å²) >= 11 is 1.49. The van der Waals surface area contributed by atoms with Crippen LogP contribution in [0.1, 0.15) is 50.2 Å². The molecule has 2 aromatic carbocycles. The molecule has 12 heteroatoms. The third-order valence-electron chi connectivity index (χ3n) is 6.88. The fourth-order valence-electron chi connectivity index (χ4n) is 5.06. The smallest absolute Gasteiger partial charge is 0.408 e. The van der Waals surface area contributed by atoms with Crippen molar-refractivity contribution in [3.05, 3.63) is 65.3 Å². The van der Waals surface area contributed by atoms with E-state index in [1.807, 2.05) is 55.5 Å². The number of aryl methyl sites for hydroxylation is 1. The Labute approximate surface area is 246 Å². The van der Waals surface area contributed by atoms with Gasteiger partial charge in [-0.05, 0) is 58.2 Å². The lowest BCUT2D eigenvalue weighted by atomic mass is 10.1. The van der Waals surface area contributed by atoms with E-state index in [-0.39, 0.29) is 18.6 Å². The van der Waals surface area contributed by atoms with Crippen LogP contribution in [0.15, 0.2) is 59.1 Å². The Bertz CT molecular complexity index is 1710. The van der Waals surface area contributed by atoms with Gasteiger partial charge in [0.2, 0.25) is 16.8 Å². The van der Waals surface area contributed by atoms with Gasteiger partial charge in [0, 0.05) is 6.54 Å². The molecule has 5 aromatic rings. The van der Waals surface area contributed by atoms with E-state index in [1.54, 1.807) is 36.4 Å². The largest absolute Gasteiger partial charge is 0.489 e. The van der Waals surface area contributed by atoms with E-state index >= 15 is 0 Å². The first-order valence-electron chi connectivity index (χ1n) is 13.8. The summed E-state index contributed by atoms with van der Waals surface area (Å²) in [7, 11) is 0. The maximum absolute atomic E-state index is 13.9. The highest BCUT2D eigenvalue weighted by atomic mass is 32.1. The molecular weight excluding hydrogens is 556 g/mol. The Morgan fingerprint density at radius 1 is 1.14 bits per heavy atom. The van der Waals surface area contributed by atoms with Crippen LogP contribution < -0.4 is 10.1 Å². The van der Waals surface area contributed by atoms with Crippen molar-refractivity contribution in [1.29, 1.82) is 0 Å². The van der Waals surface area contributed by atoms with Crippen LogP contribution in [0.4, 0.5) is 4.79 Å². The molecule has 1 fully saturated rings. The highest BCUT2D eigenvalue weighted by Gasteiger charge is 2.36. The van der Waals surface area contributed by atoms with Crippen LogP contribution in [0.5, 0.6) is 5.75 Å². The van der Waals surface area contributed by atoms with Gasteiger partial charge < -0.3 is 24.1 Å². The summed E-state index contributed by atoms with van der Waals surface area (Å²) in [6.07, 6.45) is 2.75. The number of benzene rings is 2. The normalized spacial score (nSPS) is 16.2. The molecule has 1 aliphatic rings. The summed E-state index contributed by atoms with van der Waals surface area (Å²) in [5, 5.41) is 8.12. The number of fused-ring (bicyclic) bond motifs is 2. The second kappa shape index (κ2) is 11.1. The van der Waals surface area contributed by atoms with Crippen molar-refractivity contribution in [2.45, 2.75) is 58.2 Å². The molecule has 2 atom stereocenters. The summed E-state index contributed by atoms with van der Waals surface area (Å²) in [6.45, 7) is 8.12. The number of aromatic nitrogens is 4. The maximum atomic E-state index is 13.9. The summed E-state index contributed by atoms with van der Waals surface area (Å²) in [6, 6.07) is 13.6. The lowest BCUT2D eigenvalue weighted by Gasteiger charge is -2.30. The van der Waals surface area contributed by atoms with Crippen molar-refractivity contribution in [3.63, 3.8) is 0 Å². The van der Waals surface area contributed by atoms with E-state index in [9.17, 15) is 9.59 Å². The number of hydrogen-bond acceptors (Lipinski definition) is 9. The zero-order valence-electron chi connectivity index (χ0n) is 23.9. The van der Waals surface area contributed by atoms with Gasteiger partial charge >= 0.3 is 6.09 Å². The number of carbonyl (C=O) groups excluding carboxylic acids is 2. The van der Waals surface area contributed by atoms with Crippen molar-refractivity contribution in [2.24, 2.45) is 0 Å². The molecule has 1 saturated heterocycles. The van der Waals surface area contributed by atoms with Gasteiger partial charge in [-0.25, -0.2) is 19.3 Å². The first-order chi connectivity index (χ1) is 20.1. The van der Waals surface area contributed by atoms with Crippen LogP contribution in [0.3, 0.4) is 0 Å². The molecule has 0 aliphatic carbocycles. The van der Waals surface area contributed by atoms with Crippen LogP contribution in [0, 0.1) is 6.92 Å². The zero-order valence-corrected chi connectivity index (χ0v) is 24.7. The van der Waals surface area contributed by atoms with Crippen LogP contribution in [-0.4, -0.2) is 61.3 Å². The number of hydrogen-bond donors (Lipinski definition) is 1. The molecule has 218 valence electrons. The molecule has 4 heterocycles. The summed E-state index contributed by atoms with van der Waals surface area (Å²) in [5.41, 5.74) is 1.74. The molecule has 11 nitrogen and oxygen atoms in total. The Morgan fingerprint density at radius 3 is 2.71 bits per heavy atom. The van der Waals surface area contributed by atoms with Crippen molar-refractivity contribution in [3.8, 4) is 17.3 Å². The third kappa shape index (κ3) is 5.80. The number of rotatable bonds is 7. The number of nitrogens with zero attached hydrogens (tertiary/aromatic N) is 5. The van der Waals surface area contributed by atoms with Crippen molar-refractivity contribution >= 4 is 39.4 Å². The van der Waals surface area contributed by atoms with Crippen molar-refractivity contribution in [2.75, 3.05) is 13.2 Å².